The molecule has 0 spiro atoms. The number of unbranched alkanes of at least 4 members (excludes halogenated alkanes) is 2. The van der Waals surface area contributed by atoms with Crippen LogP contribution in [0, 0.1) is 0 Å². The molecule has 1 aliphatic heterocycles. The number of methoxy groups -OCH3 is 1. The molecule has 1 amide bonds. The van der Waals surface area contributed by atoms with E-state index in [1.165, 1.54) is 11.8 Å². The number of rotatable bonds is 8. The predicted molar refractivity (Wildman–Crippen MR) is 96.3 cm³/mol. The lowest BCUT2D eigenvalue weighted by molar-refractivity contribution is -0.305. The van der Waals surface area contributed by atoms with Gasteiger partial charge in [-0.1, -0.05) is 42.5 Å². The number of hydrogen-bond acceptors (Lipinski definition) is 6. The van der Waals surface area contributed by atoms with Gasteiger partial charge in [0.25, 0.3) is 5.91 Å². The second-order valence-corrected chi connectivity index (χ2v) is 6.96. The summed E-state index contributed by atoms with van der Waals surface area (Å²) < 4.78 is 5.65. The molecule has 1 saturated heterocycles. The number of carbonyl (C=O) groups is 2. The Hall–Kier alpha value is -1.86. The van der Waals surface area contributed by atoms with Crippen LogP contribution < -0.4 is 9.84 Å². The first-order valence-corrected chi connectivity index (χ1v) is 8.83. The highest BCUT2D eigenvalue weighted by atomic mass is 32.2. The van der Waals surface area contributed by atoms with Crippen LogP contribution in [0.15, 0.2) is 29.2 Å². The molecule has 1 fully saturated rings. The maximum absolute atomic E-state index is 12.4. The van der Waals surface area contributed by atoms with Crippen LogP contribution >= 0.6 is 24.0 Å². The maximum atomic E-state index is 12.4. The van der Waals surface area contributed by atoms with Crippen molar-refractivity contribution in [3.63, 3.8) is 0 Å². The van der Waals surface area contributed by atoms with Crippen LogP contribution in [0.2, 0.25) is 0 Å². The number of thioether (sulfide) groups is 1. The molecular weight excluding hydrogens is 346 g/mol. The highest BCUT2D eigenvalue weighted by Crippen LogP contribution is 2.33. The lowest BCUT2D eigenvalue weighted by atomic mass is 10.2. The molecule has 0 unspecified atom stereocenters. The third-order valence-electron chi connectivity index (χ3n) is 3.55. The number of carboxylic acids is 1. The normalized spacial score (nSPS) is 16.0. The van der Waals surface area contributed by atoms with Crippen LogP contribution in [0.4, 0.5) is 0 Å². The van der Waals surface area contributed by atoms with Crippen LogP contribution in [0.1, 0.15) is 31.2 Å². The van der Waals surface area contributed by atoms with E-state index in [1.807, 2.05) is 30.3 Å². The molecule has 1 aromatic rings. The molecule has 128 valence electrons. The lowest BCUT2D eigenvalue weighted by Gasteiger charge is -2.14. The number of ether oxygens (including phenoxy) is 1. The Kier molecular flexibility index (Phi) is 6.81. The van der Waals surface area contributed by atoms with E-state index in [2.05, 4.69) is 0 Å². The van der Waals surface area contributed by atoms with E-state index in [1.54, 1.807) is 12.0 Å². The third-order valence-corrected chi connectivity index (χ3v) is 4.93. The smallest absolute Gasteiger partial charge is 0.266 e. The van der Waals surface area contributed by atoms with Gasteiger partial charge in [0.1, 0.15) is 10.1 Å². The first kappa shape index (κ1) is 18.5. The highest BCUT2D eigenvalue weighted by Gasteiger charge is 2.31. The fourth-order valence-electron chi connectivity index (χ4n) is 2.26. The Balaban J connectivity index is 1.92. The number of benzene rings is 1. The molecular formula is C17H18NO4S2-. The molecule has 0 N–H and O–H groups in total. The van der Waals surface area contributed by atoms with Crippen molar-refractivity contribution in [2.24, 2.45) is 0 Å². The van der Waals surface area contributed by atoms with E-state index in [0.717, 1.165) is 24.2 Å². The summed E-state index contributed by atoms with van der Waals surface area (Å²) in [6, 6.07) is 7.43. The third kappa shape index (κ3) is 5.07. The monoisotopic (exact) mass is 364 g/mol. The molecule has 1 aliphatic rings. The van der Waals surface area contributed by atoms with Gasteiger partial charge >= 0.3 is 0 Å². The van der Waals surface area contributed by atoms with Gasteiger partial charge in [0.05, 0.1) is 12.0 Å². The first-order chi connectivity index (χ1) is 11.5. The first-order valence-electron chi connectivity index (χ1n) is 7.60. The summed E-state index contributed by atoms with van der Waals surface area (Å²) in [5, 5.41) is 10.4. The lowest BCUT2D eigenvalue weighted by Crippen LogP contribution is -2.29. The average Bonchev–Trinajstić information content (AvgIpc) is 2.82. The van der Waals surface area contributed by atoms with E-state index in [0.29, 0.717) is 22.2 Å². The SMILES string of the molecule is COc1ccc(/C=C2/SC(=S)N(CCCCCC(=O)[O-])C2=O)cc1. The number of hydrogen-bond donors (Lipinski definition) is 0. The Labute approximate surface area is 150 Å². The summed E-state index contributed by atoms with van der Waals surface area (Å²) in [5.41, 5.74) is 0.908. The second kappa shape index (κ2) is 8.84. The summed E-state index contributed by atoms with van der Waals surface area (Å²) in [6.45, 7) is 0.512. The molecule has 2 rings (SSSR count). The number of carbonyl (C=O) groups excluding carboxylic acids is 2. The van der Waals surface area contributed by atoms with E-state index in [9.17, 15) is 14.7 Å². The number of amides is 1. The predicted octanol–water partition coefficient (Wildman–Crippen LogP) is 2.21. The highest BCUT2D eigenvalue weighted by molar-refractivity contribution is 8.26. The molecule has 0 radical (unpaired) electrons. The van der Waals surface area contributed by atoms with Gasteiger partial charge in [-0.25, -0.2) is 0 Å². The van der Waals surface area contributed by atoms with Gasteiger partial charge in [-0.3, -0.25) is 9.69 Å². The largest absolute Gasteiger partial charge is 0.550 e. The van der Waals surface area contributed by atoms with E-state index in [4.69, 9.17) is 17.0 Å². The Morgan fingerprint density at radius 2 is 2.00 bits per heavy atom. The number of nitrogens with zero attached hydrogens (tertiary/aromatic N) is 1. The molecule has 0 bridgehead atoms. The second-order valence-electron chi connectivity index (χ2n) is 5.29. The van der Waals surface area contributed by atoms with Crippen molar-refractivity contribution >= 4 is 46.3 Å². The van der Waals surface area contributed by atoms with Crippen LogP contribution in [-0.4, -0.2) is 34.8 Å². The van der Waals surface area contributed by atoms with Gasteiger partial charge in [0, 0.05) is 12.5 Å². The van der Waals surface area contributed by atoms with Crippen molar-refractivity contribution in [1.29, 1.82) is 0 Å². The maximum Gasteiger partial charge on any atom is 0.266 e. The summed E-state index contributed by atoms with van der Waals surface area (Å²) in [7, 11) is 1.60. The summed E-state index contributed by atoms with van der Waals surface area (Å²) in [5.74, 6) is -0.375. The van der Waals surface area contributed by atoms with Crippen molar-refractivity contribution in [3.05, 3.63) is 34.7 Å². The Morgan fingerprint density at radius 1 is 1.29 bits per heavy atom. The minimum absolute atomic E-state index is 0.0514. The zero-order valence-corrected chi connectivity index (χ0v) is 15.0. The van der Waals surface area contributed by atoms with E-state index in [-0.39, 0.29) is 12.3 Å². The zero-order chi connectivity index (χ0) is 17.5. The van der Waals surface area contributed by atoms with Crippen molar-refractivity contribution in [3.8, 4) is 5.75 Å². The van der Waals surface area contributed by atoms with Crippen molar-refractivity contribution in [2.45, 2.75) is 25.7 Å². The molecule has 1 heterocycles. The minimum Gasteiger partial charge on any atom is -0.550 e. The van der Waals surface area contributed by atoms with E-state index >= 15 is 0 Å². The Morgan fingerprint density at radius 3 is 2.62 bits per heavy atom. The fourth-order valence-corrected chi connectivity index (χ4v) is 3.57. The van der Waals surface area contributed by atoms with Gasteiger partial charge in [-0.2, -0.15) is 0 Å². The molecule has 7 heteroatoms. The molecule has 0 saturated carbocycles. The minimum atomic E-state index is -1.04. The molecule has 1 aromatic carbocycles. The summed E-state index contributed by atoms with van der Waals surface area (Å²) >= 11 is 6.56. The van der Waals surface area contributed by atoms with Gasteiger partial charge in [-0.15, -0.1) is 0 Å². The van der Waals surface area contributed by atoms with Crippen LogP contribution in [-0.2, 0) is 9.59 Å². The topological polar surface area (TPSA) is 69.7 Å². The number of aliphatic carboxylic acids is 1. The van der Waals surface area contributed by atoms with Crippen molar-refractivity contribution < 1.29 is 19.4 Å². The summed E-state index contributed by atoms with van der Waals surface area (Å²) in [6.07, 6.45) is 3.86. The quantitative estimate of drug-likeness (QED) is 0.400. The summed E-state index contributed by atoms with van der Waals surface area (Å²) in [4.78, 5) is 25.0. The zero-order valence-electron chi connectivity index (χ0n) is 13.3. The molecule has 24 heavy (non-hydrogen) atoms. The Bertz CT molecular complexity index is 655. The van der Waals surface area contributed by atoms with Crippen molar-refractivity contribution in [1.82, 2.24) is 4.90 Å². The molecule has 0 atom stereocenters. The van der Waals surface area contributed by atoms with Crippen LogP contribution in [0.5, 0.6) is 5.75 Å². The van der Waals surface area contributed by atoms with Crippen molar-refractivity contribution in [2.75, 3.05) is 13.7 Å². The van der Waals surface area contributed by atoms with Gasteiger partial charge in [-0.05, 0) is 43.0 Å². The van der Waals surface area contributed by atoms with Gasteiger partial charge < -0.3 is 14.6 Å². The van der Waals surface area contributed by atoms with E-state index < -0.39 is 5.97 Å². The van der Waals surface area contributed by atoms with Crippen LogP contribution in [0.3, 0.4) is 0 Å². The van der Waals surface area contributed by atoms with Crippen LogP contribution in [0.25, 0.3) is 6.08 Å². The molecule has 0 aliphatic carbocycles. The van der Waals surface area contributed by atoms with Gasteiger partial charge in [0.15, 0.2) is 0 Å². The molecule has 5 nitrogen and oxygen atoms in total. The number of carboxylic acid groups (broad SMARTS) is 1. The number of thiocarbonyl (C=S) groups is 1. The molecule has 0 aromatic heterocycles. The van der Waals surface area contributed by atoms with Gasteiger partial charge in [0.2, 0.25) is 0 Å². The fraction of sp³-hybridized carbons (Fsp3) is 0.353. The standard InChI is InChI=1S/C17H19NO4S2/c1-22-13-8-6-12(7-9-13)11-14-16(21)18(17(23)24-14)10-4-2-3-5-15(19)20/h6-9,11H,2-5,10H2,1H3,(H,19,20)/p-1/b14-11+. The average molecular weight is 364 g/mol.